The Balaban J connectivity index is 1.30. The van der Waals surface area contributed by atoms with Gasteiger partial charge in [-0.1, -0.05) is 61.5 Å². The number of hydrogen-bond acceptors (Lipinski definition) is 4. The largest absolute Gasteiger partial charge is 0.456 e. The lowest BCUT2D eigenvalue weighted by Crippen LogP contribution is -2.24. The van der Waals surface area contributed by atoms with E-state index in [0.29, 0.717) is 12.1 Å². The lowest BCUT2D eigenvalue weighted by molar-refractivity contribution is 0.00704. The van der Waals surface area contributed by atoms with Gasteiger partial charge in [0.15, 0.2) is 0 Å². The van der Waals surface area contributed by atoms with Crippen molar-refractivity contribution in [1.82, 2.24) is 18.9 Å². The predicted molar refractivity (Wildman–Crippen MR) is 164 cm³/mol. The highest BCUT2D eigenvalue weighted by molar-refractivity contribution is 5.97. The molecule has 3 aromatic heterocycles. The Morgan fingerprint density at radius 2 is 1.63 bits per heavy atom. The van der Waals surface area contributed by atoms with E-state index >= 15 is 0 Å². The molecule has 6 nitrogen and oxygen atoms in total. The predicted octanol–water partition coefficient (Wildman–Crippen LogP) is 7.97. The molecule has 0 saturated heterocycles. The second kappa shape index (κ2) is 10.7. The minimum atomic E-state index is -0.550. The van der Waals surface area contributed by atoms with Crippen LogP contribution in [-0.4, -0.2) is 30.5 Å². The number of esters is 1. The number of benzene rings is 3. The normalized spacial score (nSPS) is 11.8. The molecule has 206 valence electrons. The van der Waals surface area contributed by atoms with Gasteiger partial charge in [0.25, 0.3) is 0 Å². The molecule has 0 bridgehead atoms. The number of rotatable bonds is 7. The zero-order valence-corrected chi connectivity index (χ0v) is 24.0. The fourth-order valence-corrected chi connectivity index (χ4v) is 5.22. The van der Waals surface area contributed by atoms with Crippen LogP contribution in [-0.2, 0) is 17.7 Å². The number of aryl methyl sites for hydroxylation is 1. The summed E-state index contributed by atoms with van der Waals surface area (Å²) in [4.78, 5) is 22.7. The van der Waals surface area contributed by atoms with Gasteiger partial charge in [0.05, 0.1) is 22.3 Å². The van der Waals surface area contributed by atoms with E-state index in [1.165, 1.54) is 5.56 Å². The molecule has 0 amide bonds. The molecule has 3 aromatic carbocycles. The van der Waals surface area contributed by atoms with Crippen molar-refractivity contribution in [2.75, 3.05) is 0 Å². The van der Waals surface area contributed by atoms with Crippen molar-refractivity contribution in [3.63, 3.8) is 0 Å². The van der Waals surface area contributed by atoms with Gasteiger partial charge in [-0.3, -0.25) is 0 Å². The van der Waals surface area contributed by atoms with Crippen LogP contribution in [0.1, 0.15) is 55.9 Å². The van der Waals surface area contributed by atoms with Gasteiger partial charge in [-0.15, -0.1) is 0 Å². The van der Waals surface area contributed by atoms with Crippen molar-refractivity contribution in [3.05, 3.63) is 114 Å². The summed E-state index contributed by atoms with van der Waals surface area (Å²) in [5.74, 6) is 0.767. The van der Waals surface area contributed by atoms with Gasteiger partial charge < -0.3 is 13.7 Å². The molecule has 0 N–H and O–H groups in total. The van der Waals surface area contributed by atoms with E-state index in [1.807, 2.05) is 73.8 Å². The van der Waals surface area contributed by atoms with E-state index in [1.54, 1.807) is 0 Å². The quantitative estimate of drug-likeness (QED) is 0.192. The Morgan fingerprint density at radius 1 is 0.878 bits per heavy atom. The third-order valence-electron chi connectivity index (χ3n) is 7.11. The van der Waals surface area contributed by atoms with Crippen LogP contribution in [0.15, 0.2) is 97.3 Å². The molecular weight excluding hydrogens is 508 g/mol. The average molecular weight is 543 g/mol. The first-order valence-corrected chi connectivity index (χ1v) is 14.1. The zero-order chi connectivity index (χ0) is 28.6. The van der Waals surface area contributed by atoms with E-state index in [4.69, 9.17) is 14.7 Å². The fraction of sp³-hybridized carbons (Fsp3) is 0.229. The maximum atomic E-state index is 12.9. The van der Waals surface area contributed by atoms with Gasteiger partial charge in [-0.05, 0) is 74.2 Å². The van der Waals surface area contributed by atoms with Crippen molar-refractivity contribution in [2.24, 2.45) is 0 Å². The first-order chi connectivity index (χ1) is 19.8. The van der Waals surface area contributed by atoms with Gasteiger partial charge in [-0.2, -0.15) is 0 Å². The number of nitrogens with zero attached hydrogens (tertiary/aromatic N) is 4. The summed E-state index contributed by atoms with van der Waals surface area (Å²) in [5, 5.41) is 0. The zero-order valence-electron chi connectivity index (χ0n) is 24.0. The Kier molecular flexibility index (Phi) is 6.91. The van der Waals surface area contributed by atoms with Crippen LogP contribution < -0.4 is 0 Å². The highest BCUT2D eigenvalue weighted by Crippen LogP contribution is 2.29. The van der Waals surface area contributed by atoms with Crippen molar-refractivity contribution in [3.8, 4) is 22.4 Å². The monoisotopic (exact) mass is 542 g/mol. The fourth-order valence-electron chi connectivity index (χ4n) is 5.22. The van der Waals surface area contributed by atoms with Gasteiger partial charge in [0.2, 0.25) is 0 Å². The highest BCUT2D eigenvalue weighted by atomic mass is 16.6. The smallest absolute Gasteiger partial charge is 0.339 e. The van der Waals surface area contributed by atoms with E-state index in [2.05, 4.69) is 60.2 Å². The first kappa shape index (κ1) is 26.5. The van der Waals surface area contributed by atoms with E-state index in [9.17, 15) is 4.79 Å². The summed E-state index contributed by atoms with van der Waals surface area (Å²) in [6, 6.07) is 28.5. The van der Waals surface area contributed by atoms with Gasteiger partial charge in [-0.25, -0.2) is 14.8 Å². The Hall–Kier alpha value is -4.71. The Morgan fingerprint density at radius 3 is 2.39 bits per heavy atom. The molecule has 6 heteroatoms. The standard InChI is InChI=1S/C35H34N4O2/c1-5-10-33-36-29-21-26(30-23-38-20-9-8-13-32(38)37-30)18-19-31(29)39(33)22-24-14-16-25(17-15-24)27-11-6-7-12-28(27)34(40)41-35(2,3)4/h6-9,11-21,23H,5,10,22H2,1-4H3. The van der Waals surface area contributed by atoms with Crippen LogP contribution in [0.5, 0.6) is 0 Å². The number of pyridine rings is 1. The van der Waals surface area contributed by atoms with Crippen LogP contribution >= 0.6 is 0 Å². The van der Waals surface area contributed by atoms with Gasteiger partial charge >= 0.3 is 5.97 Å². The minimum absolute atomic E-state index is 0.311. The number of carbonyl (C=O) groups is 1. The minimum Gasteiger partial charge on any atom is -0.456 e. The van der Waals surface area contributed by atoms with E-state index in [0.717, 1.165) is 57.7 Å². The lowest BCUT2D eigenvalue weighted by atomic mass is 9.98. The maximum Gasteiger partial charge on any atom is 0.339 e. The Bertz CT molecular complexity index is 1820. The molecule has 41 heavy (non-hydrogen) atoms. The van der Waals surface area contributed by atoms with Crippen LogP contribution in [0.4, 0.5) is 0 Å². The topological polar surface area (TPSA) is 61.4 Å². The molecule has 6 rings (SSSR count). The van der Waals surface area contributed by atoms with Crippen molar-refractivity contribution >= 4 is 22.6 Å². The second-order valence-corrected chi connectivity index (χ2v) is 11.4. The third kappa shape index (κ3) is 5.50. The van der Waals surface area contributed by atoms with Crippen molar-refractivity contribution in [2.45, 2.75) is 52.7 Å². The molecule has 6 aromatic rings. The molecule has 0 aliphatic heterocycles. The number of aromatic nitrogens is 4. The summed E-state index contributed by atoms with van der Waals surface area (Å²) in [6.45, 7) is 8.55. The summed E-state index contributed by atoms with van der Waals surface area (Å²) in [6.07, 6.45) is 5.99. The number of fused-ring (bicyclic) bond motifs is 2. The van der Waals surface area contributed by atoms with Gasteiger partial charge in [0, 0.05) is 30.9 Å². The van der Waals surface area contributed by atoms with Crippen LogP contribution in [0.3, 0.4) is 0 Å². The number of hydrogen-bond donors (Lipinski definition) is 0. The average Bonchev–Trinajstić information content (AvgIpc) is 3.54. The third-order valence-corrected chi connectivity index (χ3v) is 7.11. The molecule has 0 spiro atoms. The van der Waals surface area contributed by atoms with Crippen molar-refractivity contribution < 1.29 is 9.53 Å². The maximum absolute atomic E-state index is 12.9. The number of imidazole rings is 2. The molecule has 0 atom stereocenters. The molecular formula is C35H34N4O2. The molecule has 0 unspecified atom stereocenters. The number of carbonyl (C=O) groups excluding carboxylic acids is 1. The molecule has 0 aliphatic carbocycles. The molecule has 0 aliphatic rings. The molecule has 3 heterocycles. The summed E-state index contributed by atoms with van der Waals surface area (Å²) in [7, 11) is 0. The van der Waals surface area contributed by atoms with Gasteiger partial charge in [0.1, 0.15) is 17.1 Å². The van der Waals surface area contributed by atoms with E-state index in [-0.39, 0.29) is 5.97 Å². The van der Waals surface area contributed by atoms with Crippen LogP contribution in [0, 0.1) is 0 Å². The Labute approximate surface area is 240 Å². The molecule has 0 saturated carbocycles. The SMILES string of the molecule is CCCc1nc2cc(-c3cn4ccccc4n3)ccc2n1Cc1ccc(-c2ccccc2C(=O)OC(C)(C)C)cc1. The van der Waals surface area contributed by atoms with Crippen molar-refractivity contribution in [1.29, 1.82) is 0 Å². The lowest BCUT2D eigenvalue weighted by Gasteiger charge is -2.20. The summed E-state index contributed by atoms with van der Waals surface area (Å²) < 4.78 is 10.0. The van der Waals surface area contributed by atoms with Crippen LogP contribution in [0.2, 0.25) is 0 Å². The summed E-state index contributed by atoms with van der Waals surface area (Å²) >= 11 is 0. The first-order valence-electron chi connectivity index (χ1n) is 14.1. The highest BCUT2D eigenvalue weighted by Gasteiger charge is 2.21. The molecule has 0 fully saturated rings. The summed E-state index contributed by atoms with van der Waals surface area (Å²) in [5.41, 5.74) is 8.05. The second-order valence-electron chi connectivity index (χ2n) is 11.4. The van der Waals surface area contributed by atoms with Crippen LogP contribution in [0.25, 0.3) is 39.1 Å². The number of ether oxygens (including phenoxy) is 1. The van der Waals surface area contributed by atoms with E-state index < -0.39 is 5.60 Å². The molecule has 0 radical (unpaired) electrons.